The van der Waals surface area contributed by atoms with E-state index in [1.165, 1.54) is 0 Å². The third-order valence-corrected chi connectivity index (χ3v) is 2.53. The number of carbonyl (C=O) groups is 2. The molecule has 1 atom stereocenters. The zero-order valence-corrected chi connectivity index (χ0v) is 10.9. The number of nitrogens with two attached hydrogens (primary N) is 1. The van der Waals surface area contributed by atoms with Gasteiger partial charge in [-0.05, 0) is 31.6 Å². The van der Waals surface area contributed by atoms with E-state index in [-0.39, 0.29) is 5.91 Å². The summed E-state index contributed by atoms with van der Waals surface area (Å²) in [7, 11) is 0. The molecule has 2 amide bonds. The molecule has 0 aliphatic heterocycles. The van der Waals surface area contributed by atoms with E-state index in [0.29, 0.717) is 31.8 Å². The van der Waals surface area contributed by atoms with E-state index in [0.717, 1.165) is 19.3 Å². The number of nitrogens with one attached hydrogen (secondary N) is 2. The third-order valence-electron chi connectivity index (χ3n) is 2.53. The molecule has 1 unspecified atom stereocenters. The topological polar surface area (TPSA) is 84.2 Å². The van der Waals surface area contributed by atoms with Crippen molar-refractivity contribution in [1.82, 2.24) is 10.6 Å². The summed E-state index contributed by atoms with van der Waals surface area (Å²) in [6.45, 7) is 5.57. The van der Waals surface area contributed by atoms with Crippen LogP contribution in [0.1, 0.15) is 39.5 Å². The molecule has 0 saturated heterocycles. The molecule has 100 valence electrons. The average Bonchev–Trinajstić information content (AvgIpc) is 2.27. The van der Waals surface area contributed by atoms with Gasteiger partial charge in [-0.1, -0.05) is 13.8 Å². The number of amides is 2. The summed E-state index contributed by atoms with van der Waals surface area (Å²) in [6, 6.07) is -0.432. The van der Waals surface area contributed by atoms with Gasteiger partial charge in [0.1, 0.15) is 0 Å². The Balaban J connectivity index is 3.50. The van der Waals surface area contributed by atoms with Gasteiger partial charge in [-0.25, -0.2) is 0 Å². The fourth-order valence-electron chi connectivity index (χ4n) is 1.40. The smallest absolute Gasteiger partial charge is 0.236 e. The molecule has 0 heterocycles. The monoisotopic (exact) mass is 243 g/mol. The van der Waals surface area contributed by atoms with Crippen molar-refractivity contribution in [3.05, 3.63) is 0 Å². The van der Waals surface area contributed by atoms with Gasteiger partial charge in [-0.3, -0.25) is 9.59 Å². The van der Waals surface area contributed by atoms with Gasteiger partial charge in [0.15, 0.2) is 0 Å². The Morgan fingerprint density at radius 1 is 1.24 bits per heavy atom. The van der Waals surface area contributed by atoms with Crippen molar-refractivity contribution in [3.63, 3.8) is 0 Å². The predicted octanol–water partition coefficient (Wildman–Crippen LogP) is 0.392. The van der Waals surface area contributed by atoms with Gasteiger partial charge in [-0.2, -0.15) is 0 Å². The van der Waals surface area contributed by atoms with Gasteiger partial charge in [0.2, 0.25) is 12.3 Å². The third kappa shape index (κ3) is 9.81. The molecule has 0 spiro atoms. The van der Waals surface area contributed by atoms with Crippen LogP contribution in [-0.4, -0.2) is 31.4 Å². The molecule has 0 fully saturated rings. The molecule has 0 aromatic rings. The number of unbranched alkanes of at least 4 members (excludes halogenated alkanes) is 1. The molecule has 0 aliphatic carbocycles. The van der Waals surface area contributed by atoms with Gasteiger partial charge in [0, 0.05) is 13.1 Å². The predicted molar refractivity (Wildman–Crippen MR) is 68.4 cm³/mol. The van der Waals surface area contributed by atoms with Crippen LogP contribution in [0.3, 0.4) is 0 Å². The Labute approximate surface area is 104 Å². The Kier molecular flexibility index (Phi) is 9.43. The molecule has 0 aliphatic rings. The molecular formula is C12H25N3O2. The summed E-state index contributed by atoms with van der Waals surface area (Å²) in [6.07, 6.45) is 4.01. The van der Waals surface area contributed by atoms with Crippen molar-refractivity contribution in [2.45, 2.75) is 45.6 Å². The summed E-state index contributed by atoms with van der Waals surface area (Å²) in [4.78, 5) is 21.5. The summed E-state index contributed by atoms with van der Waals surface area (Å²) in [5.74, 6) is 0.509. The quantitative estimate of drug-likeness (QED) is 0.383. The minimum absolute atomic E-state index is 0.0750. The molecule has 0 bridgehead atoms. The van der Waals surface area contributed by atoms with Crippen molar-refractivity contribution < 1.29 is 9.59 Å². The maximum atomic E-state index is 11.5. The molecule has 4 N–H and O–H groups in total. The van der Waals surface area contributed by atoms with E-state index in [9.17, 15) is 9.59 Å². The molecule has 17 heavy (non-hydrogen) atoms. The highest BCUT2D eigenvalue weighted by Crippen LogP contribution is 2.00. The van der Waals surface area contributed by atoms with Crippen LogP contribution in [0.2, 0.25) is 0 Å². The summed E-state index contributed by atoms with van der Waals surface area (Å²) in [5.41, 5.74) is 5.75. The highest BCUT2D eigenvalue weighted by Gasteiger charge is 2.11. The maximum absolute atomic E-state index is 11.5. The van der Waals surface area contributed by atoms with E-state index in [1.807, 2.05) is 0 Å². The largest absolute Gasteiger partial charge is 0.359 e. The molecule has 5 nitrogen and oxygen atoms in total. The minimum atomic E-state index is -0.432. The van der Waals surface area contributed by atoms with Gasteiger partial charge < -0.3 is 16.4 Å². The lowest BCUT2D eigenvalue weighted by molar-refractivity contribution is -0.122. The van der Waals surface area contributed by atoms with E-state index >= 15 is 0 Å². The summed E-state index contributed by atoms with van der Waals surface area (Å²) >= 11 is 0. The van der Waals surface area contributed by atoms with Gasteiger partial charge >= 0.3 is 0 Å². The van der Waals surface area contributed by atoms with Gasteiger partial charge in [0.05, 0.1) is 6.04 Å². The first kappa shape index (κ1) is 15.9. The highest BCUT2D eigenvalue weighted by molar-refractivity contribution is 5.81. The first-order valence-corrected chi connectivity index (χ1v) is 6.28. The first-order valence-electron chi connectivity index (χ1n) is 6.28. The number of hydrogen-bond donors (Lipinski definition) is 3. The lowest BCUT2D eigenvalue weighted by atomic mass is 10.1. The summed E-state index contributed by atoms with van der Waals surface area (Å²) in [5, 5.41) is 5.41. The van der Waals surface area contributed by atoms with Crippen LogP contribution in [0, 0.1) is 5.92 Å². The van der Waals surface area contributed by atoms with Gasteiger partial charge in [-0.15, -0.1) is 0 Å². The summed E-state index contributed by atoms with van der Waals surface area (Å²) < 4.78 is 0. The Morgan fingerprint density at radius 2 is 1.94 bits per heavy atom. The molecular weight excluding hydrogens is 218 g/mol. The van der Waals surface area contributed by atoms with E-state index in [1.54, 1.807) is 0 Å². The van der Waals surface area contributed by atoms with E-state index in [2.05, 4.69) is 24.5 Å². The van der Waals surface area contributed by atoms with Crippen molar-refractivity contribution >= 4 is 12.3 Å². The van der Waals surface area contributed by atoms with Crippen LogP contribution in [-0.2, 0) is 9.59 Å². The first-order chi connectivity index (χ1) is 8.07. The second-order valence-electron chi connectivity index (χ2n) is 4.65. The van der Waals surface area contributed by atoms with Crippen LogP contribution in [0.25, 0.3) is 0 Å². The zero-order valence-electron chi connectivity index (χ0n) is 10.9. The maximum Gasteiger partial charge on any atom is 0.236 e. The van der Waals surface area contributed by atoms with Gasteiger partial charge in [0.25, 0.3) is 0 Å². The highest BCUT2D eigenvalue weighted by atomic mass is 16.2. The number of carbonyl (C=O) groups excluding carboxylic acids is 2. The normalized spacial score (nSPS) is 12.2. The molecule has 0 saturated carbocycles. The fraction of sp³-hybridized carbons (Fsp3) is 0.833. The Morgan fingerprint density at radius 3 is 2.53 bits per heavy atom. The molecule has 0 radical (unpaired) electrons. The fourth-order valence-corrected chi connectivity index (χ4v) is 1.40. The van der Waals surface area contributed by atoms with Crippen LogP contribution in [0.4, 0.5) is 0 Å². The molecule has 5 heteroatoms. The van der Waals surface area contributed by atoms with E-state index in [4.69, 9.17) is 5.73 Å². The standard InChI is InChI=1S/C12H25N3O2/c1-10(2)6-8-15-12(17)11(13)5-3-4-7-14-9-16/h9-11H,3-8,13H2,1-2H3,(H,14,16)(H,15,17). The lowest BCUT2D eigenvalue weighted by Gasteiger charge is -2.12. The second kappa shape index (κ2) is 10.1. The molecule has 0 aromatic heterocycles. The average molecular weight is 243 g/mol. The van der Waals surface area contributed by atoms with Crippen molar-refractivity contribution in [1.29, 1.82) is 0 Å². The van der Waals surface area contributed by atoms with Crippen LogP contribution < -0.4 is 16.4 Å². The lowest BCUT2D eigenvalue weighted by Crippen LogP contribution is -2.41. The molecule has 0 aromatic carbocycles. The van der Waals surface area contributed by atoms with Crippen LogP contribution in [0.5, 0.6) is 0 Å². The van der Waals surface area contributed by atoms with Crippen molar-refractivity contribution in [2.75, 3.05) is 13.1 Å². The number of rotatable bonds is 10. The second-order valence-corrected chi connectivity index (χ2v) is 4.65. The minimum Gasteiger partial charge on any atom is -0.359 e. The zero-order chi connectivity index (χ0) is 13.1. The SMILES string of the molecule is CC(C)CCNC(=O)C(N)CCCCNC=O. The van der Waals surface area contributed by atoms with E-state index < -0.39 is 6.04 Å². The van der Waals surface area contributed by atoms with Crippen molar-refractivity contribution in [2.24, 2.45) is 11.7 Å². The Bertz CT molecular complexity index is 220. The van der Waals surface area contributed by atoms with Crippen LogP contribution in [0.15, 0.2) is 0 Å². The molecule has 0 rings (SSSR count). The van der Waals surface area contributed by atoms with Crippen molar-refractivity contribution in [3.8, 4) is 0 Å². The Hall–Kier alpha value is -1.10. The van der Waals surface area contributed by atoms with Crippen LogP contribution >= 0.6 is 0 Å². The number of hydrogen-bond acceptors (Lipinski definition) is 3.